The number of rotatable bonds is 4. The van der Waals surface area contributed by atoms with Gasteiger partial charge in [0.25, 0.3) is 0 Å². The minimum Gasteiger partial charge on any atom is -0.481 e. The van der Waals surface area contributed by atoms with Crippen LogP contribution in [-0.4, -0.2) is 21.4 Å². The molecule has 1 atom stereocenters. The van der Waals surface area contributed by atoms with Crippen LogP contribution in [0.3, 0.4) is 0 Å². The van der Waals surface area contributed by atoms with E-state index in [4.69, 9.17) is 5.11 Å². The summed E-state index contributed by atoms with van der Waals surface area (Å²) in [7, 11) is 0. The van der Waals surface area contributed by atoms with Crippen LogP contribution in [0.25, 0.3) is 0 Å². The molecule has 2 aromatic carbocycles. The van der Waals surface area contributed by atoms with E-state index in [9.17, 15) is 4.79 Å². The second-order valence-corrected chi connectivity index (χ2v) is 7.12. The first-order valence-corrected chi connectivity index (χ1v) is 8.35. The molecule has 2 aromatic rings. The highest BCUT2D eigenvalue weighted by Crippen LogP contribution is 2.39. The van der Waals surface area contributed by atoms with Gasteiger partial charge in [0, 0.05) is 24.1 Å². The van der Waals surface area contributed by atoms with E-state index in [-0.39, 0.29) is 5.41 Å². The summed E-state index contributed by atoms with van der Waals surface area (Å²) in [5.41, 5.74) is 6.03. The van der Waals surface area contributed by atoms with Gasteiger partial charge < -0.3 is 5.11 Å². The number of carboxylic acid groups (broad SMARTS) is 1. The number of fused-ring (bicyclic) bond motifs is 1. The van der Waals surface area contributed by atoms with Gasteiger partial charge in [0.05, 0.1) is 11.3 Å². The summed E-state index contributed by atoms with van der Waals surface area (Å²) < 4.78 is 2.37. The van der Waals surface area contributed by atoms with Crippen molar-refractivity contribution in [3.05, 3.63) is 65.2 Å². The fourth-order valence-electron chi connectivity index (χ4n) is 3.39. The van der Waals surface area contributed by atoms with Gasteiger partial charge in [-0.3, -0.25) is 4.79 Å². The predicted molar refractivity (Wildman–Crippen MR) is 96.3 cm³/mol. The molecule has 0 saturated carbocycles. The molecule has 3 nitrogen and oxygen atoms in total. The summed E-state index contributed by atoms with van der Waals surface area (Å²) in [6, 6.07) is 16.5. The quantitative estimate of drug-likeness (QED) is 0.844. The Morgan fingerprint density at radius 2 is 1.75 bits per heavy atom. The van der Waals surface area contributed by atoms with Crippen LogP contribution >= 0.6 is 0 Å². The Bertz CT molecular complexity index is 816. The first kappa shape index (κ1) is 16.4. The molecule has 0 fully saturated rings. The molecule has 124 valence electrons. The van der Waals surface area contributed by atoms with E-state index in [1.807, 2.05) is 24.3 Å². The second kappa shape index (κ2) is 5.90. The lowest BCUT2D eigenvalue weighted by atomic mass is 9.82. The smallest absolute Gasteiger partial charge is 0.310 e. The van der Waals surface area contributed by atoms with Crippen molar-refractivity contribution in [2.24, 2.45) is 0 Å². The number of para-hydroxylation sites is 1. The van der Waals surface area contributed by atoms with Gasteiger partial charge in [-0.15, -0.1) is 0 Å². The molecule has 1 aliphatic rings. The predicted octanol–water partition coefficient (Wildman–Crippen LogP) is 4.47. The highest BCUT2D eigenvalue weighted by Gasteiger charge is 2.42. The number of nitrogens with zero attached hydrogens (tertiary/aromatic N) is 1. The molecule has 0 amide bonds. The molecule has 0 saturated heterocycles. The van der Waals surface area contributed by atoms with Crippen molar-refractivity contribution in [3.8, 4) is 0 Å². The van der Waals surface area contributed by atoms with Gasteiger partial charge in [-0.2, -0.15) is 4.58 Å². The molecule has 0 bridgehead atoms. The van der Waals surface area contributed by atoms with Crippen LogP contribution in [0.2, 0.25) is 0 Å². The van der Waals surface area contributed by atoms with Crippen LogP contribution < -0.4 is 0 Å². The van der Waals surface area contributed by atoms with Crippen LogP contribution in [0.4, 0.5) is 5.69 Å². The topological polar surface area (TPSA) is 40.3 Å². The molecule has 3 rings (SSSR count). The Morgan fingerprint density at radius 1 is 1.12 bits per heavy atom. The molecule has 1 aliphatic heterocycles. The molecule has 0 aromatic heterocycles. The molecule has 0 aliphatic carbocycles. The highest BCUT2D eigenvalue weighted by atomic mass is 16.4. The lowest BCUT2D eigenvalue weighted by Gasteiger charge is -2.14. The largest absolute Gasteiger partial charge is 0.481 e. The second-order valence-electron chi connectivity index (χ2n) is 7.12. The molecule has 0 radical (unpaired) electrons. The lowest BCUT2D eigenvalue weighted by Crippen LogP contribution is -2.26. The van der Waals surface area contributed by atoms with Gasteiger partial charge in [0.1, 0.15) is 0 Å². The minimum atomic E-state index is -0.790. The Balaban J connectivity index is 1.91. The van der Waals surface area contributed by atoms with Crippen LogP contribution in [0, 0.1) is 0 Å². The van der Waals surface area contributed by atoms with E-state index in [1.54, 1.807) is 6.92 Å². The monoisotopic (exact) mass is 322 g/mol. The summed E-state index contributed by atoms with van der Waals surface area (Å²) in [5.74, 6) is -1.26. The Hall–Kier alpha value is -2.42. The normalized spacial score (nSPS) is 16.8. The minimum absolute atomic E-state index is 0.0361. The molecule has 3 heteroatoms. The van der Waals surface area contributed by atoms with Crippen molar-refractivity contribution in [1.29, 1.82) is 0 Å². The lowest BCUT2D eigenvalue weighted by molar-refractivity contribution is -0.456. The average Bonchev–Trinajstić information content (AvgIpc) is 2.76. The van der Waals surface area contributed by atoms with E-state index >= 15 is 0 Å². The van der Waals surface area contributed by atoms with Crippen LogP contribution in [0.15, 0.2) is 48.5 Å². The van der Waals surface area contributed by atoms with Crippen molar-refractivity contribution in [2.75, 3.05) is 0 Å². The van der Waals surface area contributed by atoms with Crippen LogP contribution in [0.5, 0.6) is 0 Å². The van der Waals surface area contributed by atoms with Gasteiger partial charge >= 0.3 is 5.97 Å². The summed E-state index contributed by atoms with van der Waals surface area (Å²) in [6.07, 6.45) is 0. The third-order valence-electron chi connectivity index (χ3n) is 5.37. The number of carboxylic acids is 1. The fourth-order valence-corrected chi connectivity index (χ4v) is 3.39. The Morgan fingerprint density at radius 3 is 2.38 bits per heavy atom. The van der Waals surface area contributed by atoms with Gasteiger partial charge in [-0.25, -0.2) is 0 Å². The zero-order chi connectivity index (χ0) is 17.5. The maximum absolute atomic E-state index is 11.1. The van der Waals surface area contributed by atoms with Crippen molar-refractivity contribution in [1.82, 2.24) is 0 Å². The summed E-state index contributed by atoms with van der Waals surface area (Å²) in [6.45, 7) is 9.24. The number of aliphatic carboxylic acids is 1. The number of hydrogen-bond donors (Lipinski definition) is 1. The fraction of sp³-hybridized carbons (Fsp3) is 0.333. The van der Waals surface area contributed by atoms with E-state index in [2.05, 4.69) is 49.6 Å². The van der Waals surface area contributed by atoms with Gasteiger partial charge in [0.15, 0.2) is 12.3 Å². The first-order valence-electron chi connectivity index (χ1n) is 8.35. The number of benzene rings is 2. The molecule has 0 spiro atoms. The number of carbonyl (C=O) groups is 1. The first-order chi connectivity index (χ1) is 11.3. The third-order valence-corrected chi connectivity index (χ3v) is 5.37. The summed E-state index contributed by atoms with van der Waals surface area (Å²) in [4.78, 5) is 11.1. The molecule has 1 unspecified atom stereocenters. The van der Waals surface area contributed by atoms with E-state index in [0.717, 1.165) is 12.1 Å². The van der Waals surface area contributed by atoms with E-state index in [0.29, 0.717) is 0 Å². The molecule has 1 N–H and O–H groups in total. The summed E-state index contributed by atoms with van der Waals surface area (Å²) >= 11 is 0. The van der Waals surface area contributed by atoms with Crippen molar-refractivity contribution in [2.45, 2.75) is 45.6 Å². The maximum atomic E-state index is 11.1. The van der Waals surface area contributed by atoms with E-state index in [1.165, 1.54) is 22.5 Å². The summed E-state index contributed by atoms with van der Waals surface area (Å²) in [5, 5.41) is 9.12. The average molecular weight is 322 g/mol. The SMILES string of the molecule is CC1=[N+](Cc2ccc(C(C)C(=O)O)cc2)c2ccccc2C1(C)C. The van der Waals surface area contributed by atoms with Gasteiger partial charge in [-0.1, -0.05) is 42.5 Å². The zero-order valence-electron chi connectivity index (χ0n) is 14.7. The van der Waals surface area contributed by atoms with Crippen LogP contribution in [0.1, 0.15) is 50.3 Å². The maximum Gasteiger partial charge on any atom is 0.310 e. The Labute approximate surface area is 143 Å². The highest BCUT2D eigenvalue weighted by molar-refractivity contribution is 5.93. The van der Waals surface area contributed by atoms with Gasteiger partial charge in [-0.05, 0) is 26.3 Å². The van der Waals surface area contributed by atoms with Crippen molar-refractivity contribution >= 4 is 17.4 Å². The molecular weight excluding hydrogens is 298 g/mol. The van der Waals surface area contributed by atoms with Crippen LogP contribution in [-0.2, 0) is 16.8 Å². The number of hydrogen-bond acceptors (Lipinski definition) is 1. The molecular formula is C21H24NO2+. The van der Waals surface area contributed by atoms with E-state index < -0.39 is 11.9 Å². The zero-order valence-corrected chi connectivity index (χ0v) is 14.7. The molecule has 24 heavy (non-hydrogen) atoms. The third kappa shape index (κ3) is 2.64. The molecule has 1 heterocycles. The van der Waals surface area contributed by atoms with Gasteiger partial charge in [0.2, 0.25) is 5.69 Å². The van der Waals surface area contributed by atoms with Crippen molar-refractivity contribution < 1.29 is 14.5 Å². The van der Waals surface area contributed by atoms with Crippen molar-refractivity contribution in [3.63, 3.8) is 0 Å². The Kier molecular flexibility index (Phi) is 4.04. The standard InChI is InChI=1S/C21H23NO2/c1-14(20(23)24)17-11-9-16(10-12-17)13-22-15(2)21(3,4)18-7-5-6-8-19(18)22/h5-12,14H,13H2,1-4H3/p+1.